The van der Waals surface area contributed by atoms with Crippen molar-refractivity contribution in [2.45, 2.75) is 64.8 Å². The fourth-order valence-electron chi connectivity index (χ4n) is 3.44. The molecule has 2 rings (SSSR count). The highest BCUT2D eigenvalue weighted by Gasteiger charge is 2.26. The van der Waals surface area contributed by atoms with E-state index in [0.717, 1.165) is 5.92 Å². The maximum absolute atomic E-state index is 2.69. The van der Waals surface area contributed by atoms with Gasteiger partial charge in [0, 0.05) is 5.54 Å². The van der Waals surface area contributed by atoms with E-state index in [0.29, 0.717) is 5.54 Å². The largest absolute Gasteiger partial charge is 0.303 e. The Balaban J connectivity index is 1.64. The molecule has 0 N–H and O–H groups in total. The number of rotatable bonds is 3. The number of nitrogens with zero attached hydrogens (tertiary/aromatic N) is 2. The van der Waals surface area contributed by atoms with Crippen LogP contribution in [0.4, 0.5) is 0 Å². The van der Waals surface area contributed by atoms with Crippen molar-refractivity contribution in [3.63, 3.8) is 0 Å². The van der Waals surface area contributed by atoms with Gasteiger partial charge in [-0.3, -0.25) is 4.90 Å². The Hall–Kier alpha value is -0.0800. The molecule has 2 aliphatic rings. The van der Waals surface area contributed by atoms with Gasteiger partial charge in [-0.15, -0.1) is 0 Å². The molecule has 0 aromatic carbocycles. The molecule has 0 atom stereocenters. The number of likely N-dealkylation sites (tertiary alicyclic amines) is 2. The van der Waals surface area contributed by atoms with Crippen molar-refractivity contribution in [1.82, 2.24) is 9.80 Å². The summed E-state index contributed by atoms with van der Waals surface area (Å²) in [6, 6.07) is 0. The minimum Gasteiger partial charge on any atom is -0.303 e. The first-order valence-electron chi connectivity index (χ1n) is 8.03. The lowest BCUT2D eigenvalue weighted by atomic mass is 9.90. The highest BCUT2D eigenvalue weighted by molar-refractivity contribution is 4.82. The second-order valence-corrected chi connectivity index (χ2v) is 7.29. The van der Waals surface area contributed by atoms with Crippen LogP contribution in [0.2, 0.25) is 0 Å². The molecule has 2 heterocycles. The molecule has 0 unspecified atom stereocenters. The standard InChI is InChI=1S/C16H32N2/c1-16(2,3)18-13-8-15(9-14-18)7-12-17-10-5-4-6-11-17/h15H,4-14H2,1-3H3. The van der Waals surface area contributed by atoms with E-state index in [1.165, 1.54) is 71.2 Å². The maximum atomic E-state index is 2.69. The topological polar surface area (TPSA) is 6.48 Å². The zero-order valence-electron chi connectivity index (χ0n) is 12.7. The summed E-state index contributed by atoms with van der Waals surface area (Å²) in [7, 11) is 0. The van der Waals surface area contributed by atoms with Crippen LogP contribution in [0.1, 0.15) is 59.3 Å². The third-order valence-corrected chi connectivity index (χ3v) is 4.87. The van der Waals surface area contributed by atoms with Crippen LogP contribution in [0.5, 0.6) is 0 Å². The van der Waals surface area contributed by atoms with Crippen molar-refractivity contribution < 1.29 is 0 Å². The van der Waals surface area contributed by atoms with Gasteiger partial charge in [0.05, 0.1) is 0 Å². The van der Waals surface area contributed by atoms with Gasteiger partial charge in [0.2, 0.25) is 0 Å². The summed E-state index contributed by atoms with van der Waals surface area (Å²) in [6.45, 7) is 13.8. The summed E-state index contributed by atoms with van der Waals surface area (Å²) >= 11 is 0. The molecule has 0 bridgehead atoms. The van der Waals surface area contributed by atoms with Gasteiger partial charge in [-0.05, 0) is 91.5 Å². The Bertz CT molecular complexity index is 230. The molecule has 18 heavy (non-hydrogen) atoms. The van der Waals surface area contributed by atoms with E-state index in [1.54, 1.807) is 0 Å². The van der Waals surface area contributed by atoms with Crippen LogP contribution >= 0.6 is 0 Å². The second-order valence-electron chi connectivity index (χ2n) is 7.29. The zero-order chi connectivity index (χ0) is 13.0. The lowest BCUT2D eigenvalue weighted by Gasteiger charge is -2.41. The minimum absolute atomic E-state index is 0.373. The summed E-state index contributed by atoms with van der Waals surface area (Å²) in [5.74, 6) is 0.991. The van der Waals surface area contributed by atoms with Crippen LogP contribution < -0.4 is 0 Å². The minimum atomic E-state index is 0.373. The fourth-order valence-corrected chi connectivity index (χ4v) is 3.44. The Morgan fingerprint density at radius 1 is 0.889 bits per heavy atom. The molecule has 106 valence electrons. The molecule has 2 nitrogen and oxygen atoms in total. The van der Waals surface area contributed by atoms with Gasteiger partial charge in [0.15, 0.2) is 0 Å². The van der Waals surface area contributed by atoms with Crippen molar-refractivity contribution in [3.05, 3.63) is 0 Å². The van der Waals surface area contributed by atoms with Crippen LogP contribution in [-0.2, 0) is 0 Å². The van der Waals surface area contributed by atoms with E-state index in [2.05, 4.69) is 30.6 Å². The summed E-state index contributed by atoms with van der Waals surface area (Å²) in [6.07, 6.45) is 8.61. The molecule has 0 amide bonds. The van der Waals surface area contributed by atoms with Crippen LogP contribution in [0.15, 0.2) is 0 Å². The van der Waals surface area contributed by atoms with Gasteiger partial charge >= 0.3 is 0 Å². The van der Waals surface area contributed by atoms with Crippen LogP contribution in [0.25, 0.3) is 0 Å². The van der Waals surface area contributed by atoms with E-state index in [9.17, 15) is 0 Å². The Morgan fingerprint density at radius 3 is 2.06 bits per heavy atom. The third kappa shape index (κ3) is 4.24. The third-order valence-electron chi connectivity index (χ3n) is 4.87. The van der Waals surface area contributed by atoms with Crippen molar-refractivity contribution in [1.29, 1.82) is 0 Å². The normalized spacial score (nSPS) is 25.5. The lowest BCUT2D eigenvalue weighted by molar-refractivity contribution is 0.0807. The monoisotopic (exact) mass is 252 g/mol. The van der Waals surface area contributed by atoms with Crippen molar-refractivity contribution in [2.24, 2.45) is 5.92 Å². The Labute approximate surface area is 114 Å². The van der Waals surface area contributed by atoms with Crippen molar-refractivity contribution in [2.75, 3.05) is 32.7 Å². The van der Waals surface area contributed by atoms with Gasteiger partial charge in [0.1, 0.15) is 0 Å². The average Bonchev–Trinajstić information content (AvgIpc) is 2.37. The quantitative estimate of drug-likeness (QED) is 0.760. The fraction of sp³-hybridized carbons (Fsp3) is 1.00. The summed E-state index contributed by atoms with van der Waals surface area (Å²) in [5.41, 5.74) is 0.373. The van der Waals surface area contributed by atoms with Crippen molar-refractivity contribution >= 4 is 0 Å². The second kappa shape index (κ2) is 6.38. The van der Waals surface area contributed by atoms with Crippen LogP contribution in [0, 0.1) is 5.92 Å². The number of hydrogen-bond donors (Lipinski definition) is 0. The Kier molecular flexibility index (Phi) is 5.08. The molecule has 2 aliphatic heterocycles. The molecule has 0 aromatic rings. The molecule has 2 fully saturated rings. The van der Waals surface area contributed by atoms with Gasteiger partial charge < -0.3 is 4.90 Å². The van der Waals surface area contributed by atoms with E-state index >= 15 is 0 Å². The molecule has 0 aromatic heterocycles. The maximum Gasteiger partial charge on any atom is 0.0125 e. The molecule has 0 saturated carbocycles. The molecule has 0 radical (unpaired) electrons. The molecule has 0 aliphatic carbocycles. The summed E-state index contributed by atoms with van der Waals surface area (Å²) in [5, 5.41) is 0. The average molecular weight is 252 g/mol. The highest BCUT2D eigenvalue weighted by atomic mass is 15.2. The lowest BCUT2D eigenvalue weighted by Crippen LogP contribution is -2.46. The van der Waals surface area contributed by atoms with Gasteiger partial charge in [0.25, 0.3) is 0 Å². The predicted molar refractivity (Wildman–Crippen MR) is 79.0 cm³/mol. The van der Waals surface area contributed by atoms with Gasteiger partial charge in [-0.2, -0.15) is 0 Å². The zero-order valence-corrected chi connectivity index (χ0v) is 12.7. The smallest absolute Gasteiger partial charge is 0.0125 e. The Morgan fingerprint density at radius 2 is 1.50 bits per heavy atom. The van der Waals surface area contributed by atoms with Gasteiger partial charge in [-0.25, -0.2) is 0 Å². The first-order valence-corrected chi connectivity index (χ1v) is 8.03. The van der Waals surface area contributed by atoms with E-state index in [1.807, 2.05) is 0 Å². The number of hydrogen-bond acceptors (Lipinski definition) is 2. The predicted octanol–water partition coefficient (Wildman–Crippen LogP) is 3.37. The van der Waals surface area contributed by atoms with Crippen LogP contribution in [0.3, 0.4) is 0 Å². The summed E-state index contributed by atoms with van der Waals surface area (Å²) < 4.78 is 0. The first-order chi connectivity index (χ1) is 8.55. The first kappa shape index (κ1) is 14.3. The molecular formula is C16H32N2. The van der Waals surface area contributed by atoms with Gasteiger partial charge in [-0.1, -0.05) is 6.42 Å². The summed E-state index contributed by atoms with van der Waals surface area (Å²) in [4.78, 5) is 5.35. The highest BCUT2D eigenvalue weighted by Crippen LogP contribution is 2.26. The van der Waals surface area contributed by atoms with E-state index in [-0.39, 0.29) is 0 Å². The number of piperidine rings is 2. The molecular weight excluding hydrogens is 220 g/mol. The van der Waals surface area contributed by atoms with E-state index in [4.69, 9.17) is 0 Å². The SMILES string of the molecule is CC(C)(C)N1CCC(CCN2CCCCC2)CC1. The molecule has 0 spiro atoms. The van der Waals surface area contributed by atoms with Crippen LogP contribution in [-0.4, -0.2) is 48.1 Å². The molecule has 2 heteroatoms. The van der Waals surface area contributed by atoms with E-state index < -0.39 is 0 Å². The van der Waals surface area contributed by atoms with Crippen molar-refractivity contribution in [3.8, 4) is 0 Å². The molecule has 2 saturated heterocycles.